The van der Waals surface area contributed by atoms with E-state index in [0.717, 1.165) is 0 Å². The lowest BCUT2D eigenvalue weighted by atomic mass is 10.1. The molecule has 1 saturated heterocycles. The molecule has 0 radical (unpaired) electrons. The van der Waals surface area contributed by atoms with Crippen molar-refractivity contribution in [1.82, 2.24) is 5.32 Å². The maximum absolute atomic E-state index is 11.4. The SMILES string of the molecule is NC/C=C/CNC(=O)CC1CCS(=O)(=O)C1. The van der Waals surface area contributed by atoms with Gasteiger partial charge >= 0.3 is 0 Å². The van der Waals surface area contributed by atoms with E-state index < -0.39 is 9.84 Å². The van der Waals surface area contributed by atoms with Gasteiger partial charge in [-0.1, -0.05) is 12.2 Å². The van der Waals surface area contributed by atoms with Crippen molar-refractivity contribution in [3.05, 3.63) is 12.2 Å². The first kappa shape index (κ1) is 13.2. The highest BCUT2D eigenvalue weighted by Crippen LogP contribution is 2.21. The minimum atomic E-state index is -2.88. The summed E-state index contributed by atoms with van der Waals surface area (Å²) >= 11 is 0. The third-order valence-electron chi connectivity index (χ3n) is 2.52. The van der Waals surface area contributed by atoms with Gasteiger partial charge in [0, 0.05) is 19.5 Å². The van der Waals surface area contributed by atoms with Crippen LogP contribution in [0, 0.1) is 5.92 Å². The van der Waals surface area contributed by atoms with Gasteiger partial charge in [0.25, 0.3) is 0 Å². The van der Waals surface area contributed by atoms with E-state index in [9.17, 15) is 13.2 Å². The van der Waals surface area contributed by atoms with Gasteiger partial charge in [-0.2, -0.15) is 0 Å². The first-order valence-corrected chi connectivity index (χ1v) is 7.18. The Labute approximate surface area is 96.0 Å². The van der Waals surface area contributed by atoms with E-state index in [4.69, 9.17) is 5.73 Å². The number of nitrogens with one attached hydrogen (secondary N) is 1. The van der Waals surface area contributed by atoms with Crippen molar-refractivity contribution in [2.24, 2.45) is 11.7 Å². The zero-order valence-corrected chi connectivity index (χ0v) is 10.0. The lowest BCUT2D eigenvalue weighted by Crippen LogP contribution is -2.26. The summed E-state index contributed by atoms with van der Waals surface area (Å²) in [5, 5.41) is 2.70. The molecule has 0 aromatic carbocycles. The Bertz CT molecular complexity index is 362. The molecule has 5 nitrogen and oxygen atoms in total. The molecule has 1 amide bonds. The Morgan fingerprint density at radius 2 is 2.19 bits per heavy atom. The minimum Gasteiger partial charge on any atom is -0.353 e. The molecular weight excluding hydrogens is 228 g/mol. The van der Waals surface area contributed by atoms with Crippen molar-refractivity contribution in [3.8, 4) is 0 Å². The van der Waals surface area contributed by atoms with Crippen LogP contribution in [0.15, 0.2) is 12.2 Å². The normalized spacial score (nSPS) is 23.7. The molecule has 6 heteroatoms. The van der Waals surface area contributed by atoms with Crippen LogP contribution in [0.1, 0.15) is 12.8 Å². The fraction of sp³-hybridized carbons (Fsp3) is 0.700. The molecule has 92 valence electrons. The van der Waals surface area contributed by atoms with Crippen LogP contribution in [-0.2, 0) is 14.6 Å². The molecule has 1 aliphatic heterocycles. The van der Waals surface area contributed by atoms with Crippen LogP contribution >= 0.6 is 0 Å². The molecule has 1 fully saturated rings. The van der Waals surface area contributed by atoms with E-state index in [-0.39, 0.29) is 23.3 Å². The van der Waals surface area contributed by atoms with Crippen LogP contribution in [0.2, 0.25) is 0 Å². The van der Waals surface area contributed by atoms with Gasteiger partial charge in [-0.15, -0.1) is 0 Å². The molecule has 0 saturated carbocycles. The second kappa shape index (κ2) is 6.00. The van der Waals surface area contributed by atoms with E-state index >= 15 is 0 Å². The number of carbonyl (C=O) groups excluding carboxylic acids is 1. The number of hydrogen-bond donors (Lipinski definition) is 2. The standard InChI is InChI=1S/C10H18N2O3S/c11-4-1-2-5-12-10(13)7-9-3-6-16(14,15)8-9/h1-2,9H,3-8,11H2,(H,12,13)/b2-1+. The molecule has 1 aliphatic rings. The van der Waals surface area contributed by atoms with Crippen LogP contribution in [0.3, 0.4) is 0 Å². The van der Waals surface area contributed by atoms with Crippen molar-refractivity contribution in [2.75, 3.05) is 24.6 Å². The largest absolute Gasteiger partial charge is 0.353 e. The Balaban J connectivity index is 2.23. The Morgan fingerprint density at radius 1 is 1.44 bits per heavy atom. The summed E-state index contributed by atoms with van der Waals surface area (Å²) in [7, 11) is -2.88. The van der Waals surface area contributed by atoms with Gasteiger partial charge in [0.15, 0.2) is 9.84 Å². The Morgan fingerprint density at radius 3 is 2.75 bits per heavy atom. The van der Waals surface area contributed by atoms with Crippen LogP contribution < -0.4 is 11.1 Å². The molecular formula is C10H18N2O3S. The molecule has 0 spiro atoms. The second-order valence-corrected chi connectivity index (χ2v) is 6.21. The summed E-state index contributed by atoms with van der Waals surface area (Å²) in [4.78, 5) is 11.4. The average Bonchev–Trinajstić information content (AvgIpc) is 2.53. The lowest BCUT2D eigenvalue weighted by molar-refractivity contribution is -0.121. The summed E-state index contributed by atoms with van der Waals surface area (Å²) in [6.07, 6.45) is 4.45. The Hall–Kier alpha value is -0.880. The summed E-state index contributed by atoms with van der Waals surface area (Å²) < 4.78 is 22.3. The van der Waals surface area contributed by atoms with Crippen LogP contribution in [0.4, 0.5) is 0 Å². The second-order valence-electron chi connectivity index (χ2n) is 3.98. The first-order valence-electron chi connectivity index (χ1n) is 5.35. The number of amides is 1. The molecule has 1 heterocycles. The van der Waals surface area contributed by atoms with Crippen LogP contribution in [0.25, 0.3) is 0 Å². The van der Waals surface area contributed by atoms with E-state index in [1.54, 1.807) is 12.2 Å². The number of rotatable bonds is 5. The maximum Gasteiger partial charge on any atom is 0.220 e. The van der Waals surface area contributed by atoms with Gasteiger partial charge in [-0.3, -0.25) is 4.79 Å². The smallest absolute Gasteiger partial charge is 0.220 e. The van der Waals surface area contributed by atoms with E-state index in [1.165, 1.54) is 0 Å². The van der Waals surface area contributed by atoms with Gasteiger partial charge in [-0.05, 0) is 12.3 Å². The molecule has 0 aromatic heterocycles. The molecule has 1 unspecified atom stereocenters. The molecule has 16 heavy (non-hydrogen) atoms. The molecule has 1 rings (SSSR count). The van der Waals surface area contributed by atoms with Gasteiger partial charge in [0.05, 0.1) is 11.5 Å². The molecule has 0 aliphatic carbocycles. The molecule has 0 aromatic rings. The summed E-state index contributed by atoms with van der Waals surface area (Å²) in [6, 6.07) is 0. The van der Waals surface area contributed by atoms with Gasteiger partial charge in [-0.25, -0.2) is 8.42 Å². The zero-order chi connectivity index (χ0) is 12.0. The third-order valence-corrected chi connectivity index (χ3v) is 4.36. The highest BCUT2D eigenvalue weighted by atomic mass is 32.2. The van der Waals surface area contributed by atoms with E-state index in [1.807, 2.05) is 0 Å². The maximum atomic E-state index is 11.4. The number of nitrogens with two attached hydrogens (primary N) is 1. The summed E-state index contributed by atoms with van der Waals surface area (Å²) in [5.74, 6) is 0.268. The van der Waals surface area contributed by atoms with Gasteiger partial charge in [0.2, 0.25) is 5.91 Å². The third kappa shape index (κ3) is 4.76. The highest BCUT2D eigenvalue weighted by Gasteiger charge is 2.29. The number of hydrogen-bond acceptors (Lipinski definition) is 4. The molecule has 3 N–H and O–H groups in total. The Kier molecular flexibility index (Phi) is 4.95. The topological polar surface area (TPSA) is 89.3 Å². The van der Waals surface area contributed by atoms with Crippen molar-refractivity contribution in [1.29, 1.82) is 0 Å². The van der Waals surface area contributed by atoms with Crippen molar-refractivity contribution in [3.63, 3.8) is 0 Å². The average molecular weight is 246 g/mol. The predicted octanol–water partition coefficient (Wildman–Crippen LogP) is -0.558. The molecule has 1 atom stereocenters. The summed E-state index contributed by atoms with van der Waals surface area (Å²) in [6.45, 7) is 0.909. The minimum absolute atomic E-state index is 0.0107. The van der Waals surface area contributed by atoms with Crippen LogP contribution in [-0.4, -0.2) is 38.9 Å². The van der Waals surface area contributed by atoms with Crippen molar-refractivity contribution < 1.29 is 13.2 Å². The lowest BCUT2D eigenvalue weighted by Gasteiger charge is -2.06. The molecule has 0 bridgehead atoms. The summed E-state index contributed by atoms with van der Waals surface area (Å²) in [5.41, 5.74) is 5.24. The van der Waals surface area contributed by atoms with E-state index in [0.29, 0.717) is 25.9 Å². The first-order chi connectivity index (χ1) is 7.53. The fourth-order valence-corrected chi connectivity index (χ4v) is 3.58. The van der Waals surface area contributed by atoms with Gasteiger partial charge < -0.3 is 11.1 Å². The monoisotopic (exact) mass is 246 g/mol. The highest BCUT2D eigenvalue weighted by molar-refractivity contribution is 7.91. The quantitative estimate of drug-likeness (QED) is 0.636. The predicted molar refractivity (Wildman–Crippen MR) is 62.6 cm³/mol. The zero-order valence-electron chi connectivity index (χ0n) is 9.19. The fourth-order valence-electron chi connectivity index (χ4n) is 1.72. The number of carbonyl (C=O) groups is 1. The number of sulfone groups is 1. The van der Waals surface area contributed by atoms with E-state index in [2.05, 4.69) is 5.32 Å². The van der Waals surface area contributed by atoms with Crippen molar-refractivity contribution >= 4 is 15.7 Å². The van der Waals surface area contributed by atoms with Crippen LogP contribution in [0.5, 0.6) is 0 Å². The van der Waals surface area contributed by atoms with Gasteiger partial charge in [0.1, 0.15) is 0 Å². The van der Waals surface area contributed by atoms with Crippen molar-refractivity contribution in [2.45, 2.75) is 12.8 Å².